The van der Waals surface area contributed by atoms with E-state index in [1.165, 1.54) is 0 Å². The van der Waals surface area contributed by atoms with Crippen LogP contribution in [-0.4, -0.2) is 56.2 Å². The highest BCUT2D eigenvalue weighted by atomic mass is 16.6. The molecule has 2 aromatic rings. The standard InChI is InChI=1S/C23H26N2O5/c1-28-20-8-7-16(11-21(20)30-19-9-10-29-15-19)17-12-23(27)25(13-17)14-22(26)24-18-5-3-2-4-6-18/h2-8,11,17,19H,9-10,12-15H2,1H3,(H,24,26)/t17-,19?/m1/s1. The molecule has 0 aliphatic carbocycles. The Bertz CT molecular complexity index is 896. The molecule has 2 amide bonds. The fourth-order valence-electron chi connectivity index (χ4n) is 3.87. The van der Waals surface area contributed by atoms with Crippen molar-refractivity contribution in [3.05, 3.63) is 54.1 Å². The molecule has 30 heavy (non-hydrogen) atoms. The van der Waals surface area contributed by atoms with Crippen LogP contribution in [0, 0.1) is 0 Å². The van der Waals surface area contributed by atoms with Crippen LogP contribution >= 0.6 is 0 Å². The zero-order valence-corrected chi connectivity index (χ0v) is 17.0. The monoisotopic (exact) mass is 410 g/mol. The summed E-state index contributed by atoms with van der Waals surface area (Å²) in [6.45, 7) is 1.81. The quantitative estimate of drug-likeness (QED) is 0.760. The third-order valence-corrected chi connectivity index (χ3v) is 5.45. The predicted molar refractivity (Wildman–Crippen MR) is 112 cm³/mol. The van der Waals surface area contributed by atoms with Crippen LogP contribution in [0.4, 0.5) is 5.69 Å². The summed E-state index contributed by atoms with van der Waals surface area (Å²) in [7, 11) is 1.61. The summed E-state index contributed by atoms with van der Waals surface area (Å²) >= 11 is 0. The topological polar surface area (TPSA) is 77.1 Å². The molecule has 0 aromatic heterocycles. The molecule has 7 heteroatoms. The number of hydrogen-bond donors (Lipinski definition) is 1. The first-order valence-electron chi connectivity index (χ1n) is 10.2. The number of hydrogen-bond acceptors (Lipinski definition) is 5. The van der Waals surface area contributed by atoms with Gasteiger partial charge in [0, 0.05) is 31.0 Å². The van der Waals surface area contributed by atoms with Crippen LogP contribution in [0.25, 0.3) is 0 Å². The number of methoxy groups -OCH3 is 1. The number of nitrogens with zero attached hydrogens (tertiary/aromatic N) is 1. The smallest absolute Gasteiger partial charge is 0.243 e. The van der Waals surface area contributed by atoms with E-state index in [0.717, 1.165) is 17.7 Å². The number of amides is 2. The summed E-state index contributed by atoms with van der Waals surface area (Å²) in [5.41, 5.74) is 1.72. The number of para-hydroxylation sites is 1. The maximum Gasteiger partial charge on any atom is 0.243 e. The van der Waals surface area contributed by atoms with Crippen LogP contribution in [0.1, 0.15) is 24.3 Å². The van der Waals surface area contributed by atoms with E-state index in [2.05, 4.69) is 5.32 Å². The highest BCUT2D eigenvalue weighted by Gasteiger charge is 2.32. The lowest BCUT2D eigenvalue weighted by atomic mass is 9.98. The van der Waals surface area contributed by atoms with Crippen molar-refractivity contribution >= 4 is 17.5 Å². The Kier molecular flexibility index (Phi) is 6.18. The molecule has 2 saturated heterocycles. The maximum atomic E-state index is 12.5. The second-order valence-electron chi connectivity index (χ2n) is 7.60. The first kappa shape index (κ1) is 20.2. The molecule has 4 rings (SSSR count). The largest absolute Gasteiger partial charge is 0.493 e. The fraction of sp³-hybridized carbons (Fsp3) is 0.391. The van der Waals surface area contributed by atoms with Gasteiger partial charge in [-0.2, -0.15) is 0 Å². The summed E-state index contributed by atoms with van der Waals surface area (Å²) < 4.78 is 16.9. The normalized spacial score (nSPS) is 21.0. The number of carbonyl (C=O) groups excluding carboxylic acids is 2. The Hall–Kier alpha value is -3.06. The second kappa shape index (κ2) is 9.17. The van der Waals surface area contributed by atoms with Gasteiger partial charge in [0.05, 0.1) is 26.9 Å². The number of nitrogens with one attached hydrogen (secondary N) is 1. The lowest BCUT2D eigenvalue weighted by molar-refractivity contribution is -0.131. The number of likely N-dealkylation sites (tertiary alicyclic amines) is 1. The molecule has 2 aromatic carbocycles. The van der Waals surface area contributed by atoms with E-state index in [1.54, 1.807) is 12.0 Å². The molecular formula is C23H26N2O5. The number of ether oxygens (including phenoxy) is 3. The highest BCUT2D eigenvalue weighted by Crippen LogP contribution is 2.36. The van der Waals surface area contributed by atoms with Gasteiger partial charge in [0.1, 0.15) is 6.10 Å². The van der Waals surface area contributed by atoms with Crippen LogP contribution in [0.3, 0.4) is 0 Å². The molecule has 0 bridgehead atoms. The fourth-order valence-corrected chi connectivity index (χ4v) is 3.87. The van der Waals surface area contributed by atoms with Gasteiger partial charge in [0.2, 0.25) is 11.8 Å². The molecule has 2 atom stereocenters. The molecule has 1 unspecified atom stereocenters. The molecule has 0 spiro atoms. The molecule has 7 nitrogen and oxygen atoms in total. The third kappa shape index (κ3) is 4.74. The molecule has 1 N–H and O–H groups in total. The third-order valence-electron chi connectivity index (χ3n) is 5.45. The second-order valence-corrected chi connectivity index (χ2v) is 7.60. The Morgan fingerprint density at radius 2 is 2.03 bits per heavy atom. The summed E-state index contributed by atoms with van der Waals surface area (Å²) in [5.74, 6) is 1.11. The minimum Gasteiger partial charge on any atom is -0.493 e. The van der Waals surface area contributed by atoms with Crippen molar-refractivity contribution in [2.24, 2.45) is 0 Å². The zero-order chi connectivity index (χ0) is 20.9. The van der Waals surface area contributed by atoms with Gasteiger partial charge in [-0.15, -0.1) is 0 Å². The van der Waals surface area contributed by atoms with E-state index in [1.807, 2.05) is 48.5 Å². The van der Waals surface area contributed by atoms with E-state index < -0.39 is 0 Å². The Labute approximate surface area is 175 Å². The summed E-state index contributed by atoms with van der Waals surface area (Å²) in [6.07, 6.45) is 1.23. The van der Waals surface area contributed by atoms with E-state index in [4.69, 9.17) is 14.2 Å². The van der Waals surface area contributed by atoms with Gasteiger partial charge >= 0.3 is 0 Å². The number of carbonyl (C=O) groups is 2. The lowest BCUT2D eigenvalue weighted by Gasteiger charge is -2.19. The van der Waals surface area contributed by atoms with Gasteiger partial charge in [0.15, 0.2) is 11.5 Å². The SMILES string of the molecule is COc1ccc([C@@H]2CC(=O)N(CC(=O)Nc3ccccc3)C2)cc1OC1CCOC1. The Morgan fingerprint density at radius 1 is 1.20 bits per heavy atom. The van der Waals surface area contributed by atoms with Crippen LogP contribution < -0.4 is 14.8 Å². The van der Waals surface area contributed by atoms with Gasteiger partial charge in [-0.25, -0.2) is 0 Å². The van der Waals surface area contributed by atoms with Gasteiger partial charge in [-0.05, 0) is 29.8 Å². The lowest BCUT2D eigenvalue weighted by Crippen LogP contribution is -2.34. The maximum absolute atomic E-state index is 12.5. The zero-order valence-electron chi connectivity index (χ0n) is 17.0. The van der Waals surface area contributed by atoms with E-state index in [0.29, 0.717) is 37.7 Å². The minimum absolute atomic E-state index is 0.00936. The van der Waals surface area contributed by atoms with Crippen molar-refractivity contribution in [2.75, 3.05) is 38.7 Å². The van der Waals surface area contributed by atoms with Crippen molar-refractivity contribution in [2.45, 2.75) is 24.9 Å². The molecule has 2 fully saturated rings. The molecule has 2 aliphatic rings. The average molecular weight is 410 g/mol. The summed E-state index contributed by atoms with van der Waals surface area (Å²) in [6, 6.07) is 15.0. The summed E-state index contributed by atoms with van der Waals surface area (Å²) in [5, 5.41) is 2.83. The van der Waals surface area contributed by atoms with Gasteiger partial charge in [-0.1, -0.05) is 24.3 Å². The molecule has 0 radical (unpaired) electrons. The molecule has 0 saturated carbocycles. The van der Waals surface area contributed by atoms with E-state index in [-0.39, 0.29) is 30.4 Å². The van der Waals surface area contributed by atoms with Gasteiger partial charge in [-0.3, -0.25) is 9.59 Å². The van der Waals surface area contributed by atoms with Crippen molar-refractivity contribution in [3.8, 4) is 11.5 Å². The van der Waals surface area contributed by atoms with Crippen LogP contribution in [0.5, 0.6) is 11.5 Å². The molecule has 158 valence electrons. The first-order chi connectivity index (χ1) is 14.6. The predicted octanol–water partition coefficient (Wildman–Crippen LogP) is 2.82. The number of rotatable bonds is 7. The van der Waals surface area contributed by atoms with Crippen LogP contribution in [0.15, 0.2) is 48.5 Å². The average Bonchev–Trinajstić information content (AvgIpc) is 3.39. The van der Waals surface area contributed by atoms with Crippen molar-refractivity contribution < 1.29 is 23.8 Å². The number of anilines is 1. The highest BCUT2D eigenvalue weighted by molar-refractivity contribution is 5.95. The van der Waals surface area contributed by atoms with Crippen molar-refractivity contribution in [3.63, 3.8) is 0 Å². The minimum atomic E-state index is -0.199. The summed E-state index contributed by atoms with van der Waals surface area (Å²) in [4.78, 5) is 26.5. The van der Waals surface area contributed by atoms with Crippen LogP contribution in [-0.2, 0) is 14.3 Å². The Morgan fingerprint density at radius 3 is 2.77 bits per heavy atom. The van der Waals surface area contributed by atoms with Crippen molar-refractivity contribution in [1.29, 1.82) is 0 Å². The van der Waals surface area contributed by atoms with Crippen molar-refractivity contribution in [1.82, 2.24) is 4.90 Å². The molecule has 2 aliphatic heterocycles. The van der Waals surface area contributed by atoms with Crippen LogP contribution in [0.2, 0.25) is 0 Å². The Balaban J connectivity index is 1.41. The van der Waals surface area contributed by atoms with Gasteiger partial charge in [0.25, 0.3) is 0 Å². The first-order valence-corrected chi connectivity index (χ1v) is 10.2. The molecule has 2 heterocycles. The number of benzene rings is 2. The van der Waals surface area contributed by atoms with E-state index >= 15 is 0 Å². The molecular weight excluding hydrogens is 384 g/mol. The van der Waals surface area contributed by atoms with E-state index in [9.17, 15) is 9.59 Å². The van der Waals surface area contributed by atoms with Gasteiger partial charge < -0.3 is 24.4 Å².